The number of aromatic nitrogens is 2. The van der Waals surface area contributed by atoms with Gasteiger partial charge < -0.3 is 19.6 Å². The van der Waals surface area contributed by atoms with E-state index in [1.165, 1.54) is 0 Å². The molecular weight excluding hydrogens is 430 g/mol. The maximum atomic E-state index is 12.8. The second-order valence-corrected chi connectivity index (χ2v) is 8.07. The molecule has 3 aromatic carbocycles. The van der Waals surface area contributed by atoms with E-state index in [0.29, 0.717) is 34.8 Å². The zero-order valence-electron chi connectivity index (χ0n) is 18.4. The highest BCUT2D eigenvalue weighted by Crippen LogP contribution is 2.19. The number of pyridine rings is 1. The van der Waals surface area contributed by atoms with Crippen LogP contribution in [0.3, 0.4) is 0 Å². The van der Waals surface area contributed by atoms with Crippen molar-refractivity contribution in [1.29, 1.82) is 0 Å². The van der Waals surface area contributed by atoms with Crippen LogP contribution in [0.15, 0.2) is 83.8 Å². The van der Waals surface area contributed by atoms with Gasteiger partial charge in [-0.1, -0.05) is 42.5 Å². The van der Waals surface area contributed by atoms with E-state index in [4.69, 9.17) is 4.74 Å². The normalized spacial score (nSPS) is 11.2. The molecule has 0 spiro atoms. The fourth-order valence-electron chi connectivity index (χ4n) is 4.29. The van der Waals surface area contributed by atoms with Crippen LogP contribution in [0, 0.1) is 0 Å². The van der Waals surface area contributed by atoms with Gasteiger partial charge in [0.05, 0.1) is 11.0 Å². The molecule has 7 nitrogen and oxygen atoms in total. The van der Waals surface area contributed by atoms with Crippen molar-refractivity contribution in [2.75, 3.05) is 13.2 Å². The molecular formula is C27H23N3O4. The minimum atomic E-state index is -0.550. The zero-order chi connectivity index (χ0) is 23.5. The van der Waals surface area contributed by atoms with Gasteiger partial charge in [-0.15, -0.1) is 0 Å². The van der Waals surface area contributed by atoms with E-state index in [1.54, 1.807) is 41.0 Å². The number of benzene rings is 3. The lowest BCUT2D eigenvalue weighted by Crippen LogP contribution is -2.31. The Balaban J connectivity index is 1.22. The largest absolute Gasteiger partial charge is 0.454 e. The van der Waals surface area contributed by atoms with Crippen LogP contribution in [0.25, 0.3) is 32.7 Å². The molecule has 5 aromatic rings. The lowest BCUT2D eigenvalue weighted by Gasteiger charge is -2.14. The molecule has 0 radical (unpaired) electrons. The van der Waals surface area contributed by atoms with E-state index < -0.39 is 5.97 Å². The van der Waals surface area contributed by atoms with Crippen LogP contribution in [-0.2, 0) is 27.3 Å². The topological polar surface area (TPSA) is 93.2 Å². The number of carbonyl (C=O) groups is 2. The predicted molar refractivity (Wildman–Crippen MR) is 132 cm³/mol. The first-order valence-corrected chi connectivity index (χ1v) is 11.1. The molecule has 0 aliphatic rings. The van der Waals surface area contributed by atoms with E-state index in [1.807, 2.05) is 42.6 Å². The molecule has 0 unspecified atom stereocenters. The highest BCUT2D eigenvalue weighted by Gasteiger charge is 2.14. The molecule has 0 fully saturated rings. The van der Waals surface area contributed by atoms with Crippen LogP contribution in [0.4, 0.5) is 0 Å². The number of rotatable bonds is 7. The summed E-state index contributed by atoms with van der Waals surface area (Å²) in [5.74, 6) is -0.909. The van der Waals surface area contributed by atoms with Crippen molar-refractivity contribution in [1.82, 2.24) is 14.9 Å². The highest BCUT2D eigenvalue weighted by molar-refractivity contribution is 5.94. The summed E-state index contributed by atoms with van der Waals surface area (Å²) in [5.41, 5.74) is 3.38. The number of nitrogens with one attached hydrogen (secondary N) is 2. The lowest BCUT2D eigenvalue weighted by molar-refractivity contribution is -0.149. The SMILES string of the molecule is O=C(COC(=O)Cn1c2ccccc2c(=O)c2ccccc21)NCCc1c[nH]c2ccccc12. The Kier molecular flexibility index (Phi) is 5.82. The summed E-state index contributed by atoms with van der Waals surface area (Å²) in [7, 11) is 0. The van der Waals surface area contributed by atoms with E-state index in [-0.39, 0.29) is 24.5 Å². The average molecular weight is 453 g/mol. The van der Waals surface area contributed by atoms with Gasteiger partial charge in [0.15, 0.2) is 12.0 Å². The number of esters is 1. The molecule has 0 saturated carbocycles. The Morgan fingerprint density at radius 2 is 1.47 bits per heavy atom. The minimum absolute atomic E-state index is 0.0783. The van der Waals surface area contributed by atoms with Gasteiger partial charge in [0, 0.05) is 34.4 Å². The summed E-state index contributed by atoms with van der Waals surface area (Å²) in [6.07, 6.45) is 2.61. The third-order valence-electron chi connectivity index (χ3n) is 5.92. The van der Waals surface area contributed by atoms with Gasteiger partial charge in [-0.3, -0.25) is 14.4 Å². The van der Waals surface area contributed by atoms with Gasteiger partial charge in [0.25, 0.3) is 5.91 Å². The molecule has 7 heteroatoms. The number of carbonyl (C=O) groups excluding carboxylic acids is 2. The number of hydrogen-bond acceptors (Lipinski definition) is 4. The summed E-state index contributed by atoms with van der Waals surface area (Å²) in [4.78, 5) is 40.8. The maximum absolute atomic E-state index is 12.8. The number of ether oxygens (including phenoxy) is 1. The molecule has 2 heterocycles. The molecule has 170 valence electrons. The van der Waals surface area contributed by atoms with Crippen LogP contribution in [0.2, 0.25) is 0 Å². The standard InChI is InChI=1S/C27H23N3O4/c31-25(28-14-13-18-15-29-22-10-4-1-7-19(18)22)17-34-26(32)16-30-23-11-5-2-8-20(23)27(33)21-9-3-6-12-24(21)30/h1-12,15,29H,13-14,16-17H2,(H,28,31). The molecule has 0 aliphatic carbocycles. The number of hydrogen-bond donors (Lipinski definition) is 2. The van der Waals surface area contributed by atoms with Gasteiger partial charge >= 0.3 is 5.97 Å². The first kappa shape index (κ1) is 21.5. The maximum Gasteiger partial charge on any atom is 0.326 e. The highest BCUT2D eigenvalue weighted by atomic mass is 16.5. The molecule has 5 rings (SSSR count). The first-order chi connectivity index (χ1) is 16.6. The van der Waals surface area contributed by atoms with Crippen LogP contribution in [0.5, 0.6) is 0 Å². The number of amides is 1. The molecule has 0 bridgehead atoms. The van der Waals surface area contributed by atoms with Gasteiger partial charge in [-0.2, -0.15) is 0 Å². The summed E-state index contributed by atoms with van der Waals surface area (Å²) >= 11 is 0. The Morgan fingerprint density at radius 3 is 2.18 bits per heavy atom. The van der Waals surface area contributed by atoms with Crippen LogP contribution >= 0.6 is 0 Å². The van der Waals surface area contributed by atoms with Crippen molar-refractivity contribution in [3.05, 3.63) is 94.8 Å². The average Bonchev–Trinajstić information content (AvgIpc) is 3.28. The monoisotopic (exact) mass is 453 g/mol. The van der Waals surface area contributed by atoms with Gasteiger partial charge in [-0.25, -0.2) is 0 Å². The molecule has 0 aliphatic heterocycles. The van der Waals surface area contributed by atoms with Crippen molar-refractivity contribution in [2.24, 2.45) is 0 Å². The Hall–Kier alpha value is -4.39. The number of aromatic amines is 1. The smallest absolute Gasteiger partial charge is 0.326 e. The van der Waals surface area contributed by atoms with Crippen molar-refractivity contribution < 1.29 is 14.3 Å². The Morgan fingerprint density at radius 1 is 0.853 bits per heavy atom. The van der Waals surface area contributed by atoms with Crippen molar-refractivity contribution in [2.45, 2.75) is 13.0 Å². The van der Waals surface area contributed by atoms with Crippen molar-refractivity contribution in [3.8, 4) is 0 Å². The number of para-hydroxylation sites is 3. The van der Waals surface area contributed by atoms with Crippen molar-refractivity contribution >= 4 is 44.6 Å². The molecule has 2 aromatic heterocycles. The second-order valence-electron chi connectivity index (χ2n) is 8.07. The van der Waals surface area contributed by atoms with Gasteiger partial charge in [-0.05, 0) is 42.3 Å². The Labute approximate surface area is 195 Å². The third-order valence-corrected chi connectivity index (χ3v) is 5.92. The van der Waals surface area contributed by atoms with E-state index in [2.05, 4.69) is 10.3 Å². The quantitative estimate of drug-likeness (QED) is 0.291. The number of fused-ring (bicyclic) bond motifs is 3. The van der Waals surface area contributed by atoms with Crippen LogP contribution in [0.1, 0.15) is 5.56 Å². The first-order valence-electron chi connectivity index (χ1n) is 11.1. The molecule has 0 atom stereocenters. The fourth-order valence-corrected chi connectivity index (χ4v) is 4.29. The Bertz CT molecular complexity index is 1520. The molecule has 0 saturated heterocycles. The fraction of sp³-hybridized carbons (Fsp3) is 0.148. The van der Waals surface area contributed by atoms with Crippen LogP contribution < -0.4 is 10.7 Å². The zero-order valence-corrected chi connectivity index (χ0v) is 18.4. The predicted octanol–water partition coefficient (Wildman–Crippen LogP) is 3.54. The minimum Gasteiger partial charge on any atom is -0.454 e. The molecule has 34 heavy (non-hydrogen) atoms. The second kappa shape index (κ2) is 9.23. The van der Waals surface area contributed by atoms with E-state index in [9.17, 15) is 14.4 Å². The summed E-state index contributed by atoms with van der Waals surface area (Å²) < 4.78 is 6.99. The lowest BCUT2D eigenvalue weighted by atomic mass is 10.1. The third kappa shape index (κ3) is 4.15. The van der Waals surface area contributed by atoms with E-state index >= 15 is 0 Å². The van der Waals surface area contributed by atoms with E-state index in [0.717, 1.165) is 16.5 Å². The van der Waals surface area contributed by atoms with Crippen molar-refractivity contribution in [3.63, 3.8) is 0 Å². The summed E-state index contributed by atoms with van der Waals surface area (Å²) in [6, 6.07) is 22.3. The van der Waals surface area contributed by atoms with Gasteiger partial charge in [0.2, 0.25) is 0 Å². The number of nitrogens with zero attached hydrogens (tertiary/aromatic N) is 1. The summed E-state index contributed by atoms with van der Waals surface area (Å²) in [6.45, 7) is -0.0279. The molecule has 2 N–H and O–H groups in total. The summed E-state index contributed by atoms with van der Waals surface area (Å²) in [5, 5.41) is 4.98. The van der Waals surface area contributed by atoms with Crippen LogP contribution in [-0.4, -0.2) is 34.6 Å². The van der Waals surface area contributed by atoms with Gasteiger partial charge in [0.1, 0.15) is 6.54 Å². The molecule has 1 amide bonds. The number of H-pyrrole nitrogens is 1.